The zero-order chi connectivity index (χ0) is 44.6. The van der Waals surface area contributed by atoms with Crippen LogP contribution in [0.3, 0.4) is 0 Å². The van der Waals surface area contributed by atoms with E-state index in [4.69, 9.17) is 21.1 Å². The first-order valence-corrected chi connectivity index (χ1v) is 24.9. The van der Waals surface area contributed by atoms with Gasteiger partial charge in [-0.1, -0.05) is 41.9 Å². The van der Waals surface area contributed by atoms with Crippen molar-refractivity contribution in [3.63, 3.8) is 0 Å². The number of sulfonamides is 1. The number of hydrogen-bond acceptors (Lipinski definition) is 12. The molecule has 338 valence electrons. The van der Waals surface area contributed by atoms with Crippen LogP contribution in [0, 0.1) is 11.8 Å². The number of anilines is 2. The Balaban J connectivity index is 0.987. The van der Waals surface area contributed by atoms with Crippen molar-refractivity contribution in [3.05, 3.63) is 119 Å². The summed E-state index contributed by atoms with van der Waals surface area (Å²) < 4.78 is 109. The lowest BCUT2D eigenvalue weighted by Gasteiger charge is -2.25. The van der Waals surface area contributed by atoms with Crippen molar-refractivity contribution in [2.24, 2.45) is 11.8 Å². The second kappa shape index (κ2) is 20.8. The average Bonchev–Trinajstić information content (AvgIpc) is 3.88. The van der Waals surface area contributed by atoms with Crippen LogP contribution in [-0.4, -0.2) is 111 Å². The van der Waals surface area contributed by atoms with E-state index in [1.54, 1.807) is 12.1 Å². The highest BCUT2D eigenvalue weighted by Crippen LogP contribution is 2.37. The predicted octanol–water partition coefficient (Wildman–Crippen LogP) is 7.17. The van der Waals surface area contributed by atoms with Crippen LogP contribution in [0.25, 0.3) is 5.57 Å². The quantitative estimate of drug-likeness (QED) is 0.0557. The smallest absolute Gasteiger partial charge is 0.384 e. The van der Waals surface area contributed by atoms with E-state index in [9.17, 15) is 34.8 Å². The minimum atomic E-state index is -6.06. The number of sulfone groups is 1. The van der Waals surface area contributed by atoms with Crippen LogP contribution in [0.1, 0.15) is 28.8 Å². The molecule has 2 saturated heterocycles. The molecule has 2 fully saturated rings. The molecule has 12 nitrogen and oxygen atoms in total. The summed E-state index contributed by atoms with van der Waals surface area (Å²) in [4.78, 5) is 14.3. The van der Waals surface area contributed by atoms with E-state index in [1.807, 2.05) is 59.3 Å². The van der Waals surface area contributed by atoms with Gasteiger partial charge in [0.1, 0.15) is 4.90 Å². The topological polar surface area (TPSA) is 155 Å². The van der Waals surface area contributed by atoms with Crippen molar-refractivity contribution in [2.75, 3.05) is 82.1 Å². The summed E-state index contributed by atoms with van der Waals surface area (Å²) in [7, 11) is -10.9. The number of ether oxygens (including phenoxy) is 2. The molecule has 0 aliphatic carbocycles. The van der Waals surface area contributed by atoms with E-state index in [-0.39, 0.29) is 5.56 Å². The maximum absolute atomic E-state index is 14.2. The zero-order valence-electron chi connectivity index (χ0n) is 34.2. The number of carbonyl (C=O) groups excluding carboxylic acids is 1. The SMILES string of the molecule is O=C(NS(=O)(=O)c1ccc(N[C@H](CCN2C[C@H]3COC[C@H]3C2)CSc2ccccc2)c(S(=O)(=O)C(F)(F)F)c1)c1ccc(NCCNCC2=C(c3ccc(Cl)cc3)CCOC2)cc1. The molecular formula is C44H49ClF3N5O7S3. The Morgan fingerprint density at radius 3 is 2.30 bits per heavy atom. The van der Waals surface area contributed by atoms with Crippen LogP contribution < -0.4 is 20.7 Å². The molecular weight excluding hydrogens is 899 g/mol. The van der Waals surface area contributed by atoms with Crippen molar-refractivity contribution >= 4 is 66.1 Å². The third-order valence-corrected chi connectivity index (χ3v) is 15.5. The van der Waals surface area contributed by atoms with Crippen LogP contribution in [0.2, 0.25) is 5.02 Å². The Morgan fingerprint density at radius 1 is 0.889 bits per heavy atom. The van der Waals surface area contributed by atoms with Gasteiger partial charge in [0.15, 0.2) is 0 Å². The van der Waals surface area contributed by atoms with E-state index in [1.165, 1.54) is 29.5 Å². The van der Waals surface area contributed by atoms with Crippen LogP contribution in [0.5, 0.6) is 0 Å². The first kappa shape index (κ1) is 46.8. The van der Waals surface area contributed by atoms with E-state index in [0.29, 0.717) is 93.4 Å². The minimum Gasteiger partial charge on any atom is -0.384 e. The summed E-state index contributed by atoms with van der Waals surface area (Å²) in [6.07, 6.45) is 1.27. The number of nitrogens with one attached hydrogen (secondary N) is 4. The standard InChI is InChI=1S/C44H49ClF3N5O7S3/c45-35-10-6-30(7-11-35)40-17-21-59-26-32(40)23-49-18-19-50-36-12-8-31(9-13-36)43(54)52-63(57,58)39-14-15-41(42(22-39)62(55,56)44(46,47)48)51-37(29-61-38-4-2-1-3-5-38)16-20-53-24-33-27-60-28-34(33)25-53/h1-15,22,33-34,37,49-51H,16-21,23-29H2,(H,52,54)/t33-,34+,37-/m1/s1. The van der Waals surface area contributed by atoms with Crippen LogP contribution >= 0.6 is 23.4 Å². The van der Waals surface area contributed by atoms with Gasteiger partial charge >= 0.3 is 5.51 Å². The molecule has 3 heterocycles. The molecule has 0 unspecified atom stereocenters. The van der Waals surface area contributed by atoms with Gasteiger partial charge in [-0.2, -0.15) is 13.2 Å². The number of amides is 1. The van der Waals surface area contributed by atoms with Crippen molar-refractivity contribution in [1.29, 1.82) is 0 Å². The molecule has 3 aliphatic heterocycles. The van der Waals surface area contributed by atoms with Gasteiger partial charge in [-0.25, -0.2) is 21.6 Å². The van der Waals surface area contributed by atoms with Crippen LogP contribution in [0.4, 0.5) is 24.5 Å². The fourth-order valence-electron chi connectivity index (χ4n) is 7.88. The Labute approximate surface area is 375 Å². The first-order valence-electron chi connectivity index (χ1n) is 20.5. The molecule has 4 aromatic carbocycles. The van der Waals surface area contributed by atoms with Crippen molar-refractivity contribution < 1.29 is 44.3 Å². The predicted molar refractivity (Wildman–Crippen MR) is 239 cm³/mol. The second-order valence-corrected chi connectivity index (χ2v) is 20.8. The van der Waals surface area contributed by atoms with Gasteiger partial charge in [0, 0.05) is 84.1 Å². The third-order valence-electron chi connectivity index (χ3n) is 11.3. The average molecular weight is 949 g/mol. The minimum absolute atomic E-state index is 0.0458. The number of fused-ring (bicyclic) bond motifs is 1. The van der Waals surface area contributed by atoms with E-state index >= 15 is 0 Å². The summed E-state index contributed by atoms with van der Waals surface area (Å²) in [5, 5.41) is 10.3. The lowest BCUT2D eigenvalue weighted by molar-refractivity contribution is -0.0435. The first-order chi connectivity index (χ1) is 30.2. The lowest BCUT2D eigenvalue weighted by atomic mass is 9.96. The molecule has 4 aromatic rings. The molecule has 19 heteroatoms. The fourth-order valence-corrected chi connectivity index (χ4v) is 11.0. The normalized spacial score (nSPS) is 18.9. The number of likely N-dealkylation sites (tertiary alicyclic amines) is 1. The Kier molecular flexibility index (Phi) is 15.5. The Bertz CT molecular complexity index is 2450. The van der Waals surface area contributed by atoms with E-state index in [2.05, 4.69) is 20.9 Å². The molecule has 0 radical (unpaired) electrons. The highest BCUT2D eigenvalue weighted by atomic mass is 35.5. The molecule has 0 spiro atoms. The molecule has 0 aromatic heterocycles. The number of rotatable bonds is 19. The van der Waals surface area contributed by atoms with Gasteiger partial charge in [-0.05, 0) is 96.3 Å². The molecule has 0 bridgehead atoms. The number of alkyl halides is 3. The molecule has 3 aliphatic rings. The van der Waals surface area contributed by atoms with Gasteiger partial charge in [-0.3, -0.25) is 4.79 Å². The lowest BCUT2D eigenvalue weighted by Crippen LogP contribution is -2.33. The van der Waals surface area contributed by atoms with Gasteiger partial charge in [0.05, 0.1) is 37.0 Å². The summed E-state index contributed by atoms with van der Waals surface area (Å²) in [6.45, 7) is 6.57. The Hall–Kier alpha value is -4.14. The van der Waals surface area contributed by atoms with E-state index in [0.717, 1.165) is 47.7 Å². The summed E-state index contributed by atoms with van der Waals surface area (Å²) >= 11 is 7.52. The van der Waals surface area contributed by atoms with Crippen LogP contribution in [-0.2, 0) is 29.3 Å². The largest absolute Gasteiger partial charge is 0.501 e. The number of benzene rings is 4. The van der Waals surface area contributed by atoms with Crippen molar-refractivity contribution in [1.82, 2.24) is 14.9 Å². The summed E-state index contributed by atoms with van der Waals surface area (Å²) in [5.74, 6) is 0.166. The Morgan fingerprint density at radius 2 is 1.60 bits per heavy atom. The number of halogens is 4. The number of hydrogen-bond donors (Lipinski definition) is 4. The molecule has 7 rings (SSSR count). The van der Waals surface area contributed by atoms with Crippen LogP contribution in [0.15, 0.2) is 117 Å². The third kappa shape index (κ3) is 12.2. The van der Waals surface area contributed by atoms with Crippen molar-refractivity contribution in [3.8, 4) is 0 Å². The maximum Gasteiger partial charge on any atom is 0.501 e. The van der Waals surface area contributed by atoms with E-state index < -0.39 is 52.8 Å². The van der Waals surface area contributed by atoms with Gasteiger partial charge in [0.25, 0.3) is 25.8 Å². The highest BCUT2D eigenvalue weighted by Gasteiger charge is 2.48. The highest BCUT2D eigenvalue weighted by molar-refractivity contribution is 7.99. The van der Waals surface area contributed by atoms with Gasteiger partial charge < -0.3 is 30.3 Å². The monoisotopic (exact) mass is 947 g/mol. The maximum atomic E-state index is 14.2. The molecule has 63 heavy (non-hydrogen) atoms. The molecule has 3 atom stereocenters. The van der Waals surface area contributed by atoms with Crippen molar-refractivity contribution in [2.45, 2.75) is 39.1 Å². The number of nitrogens with zero attached hydrogens (tertiary/aromatic N) is 1. The van der Waals surface area contributed by atoms with Gasteiger partial charge in [0.2, 0.25) is 0 Å². The molecule has 0 saturated carbocycles. The summed E-state index contributed by atoms with van der Waals surface area (Å²) in [6, 6.07) is 25.0. The fraction of sp³-hybridized carbons (Fsp3) is 0.386. The summed E-state index contributed by atoms with van der Waals surface area (Å²) in [5.41, 5.74) is -2.04. The second-order valence-electron chi connectivity index (χ2n) is 15.7. The van der Waals surface area contributed by atoms with Gasteiger partial charge in [-0.15, -0.1) is 11.8 Å². The molecule has 4 N–H and O–H groups in total. The number of thioether (sulfide) groups is 1. The number of carbonyl (C=O) groups is 1. The molecule has 1 amide bonds. The zero-order valence-corrected chi connectivity index (χ0v) is 37.4.